The van der Waals surface area contributed by atoms with Crippen molar-refractivity contribution >= 4 is 39.6 Å². The fourth-order valence-electron chi connectivity index (χ4n) is 3.27. The van der Waals surface area contributed by atoms with Gasteiger partial charge in [-0.05, 0) is 67.5 Å². The zero-order valence-electron chi connectivity index (χ0n) is 15.0. The van der Waals surface area contributed by atoms with E-state index in [9.17, 15) is 9.90 Å². The molecular formula is C18H24IN3O3. The minimum Gasteiger partial charge on any atom is -0.444 e. The van der Waals surface area contributed by atoms with E-state index in [1.807, 2.05) is 32.5 Å². The maximum Gasteiger partial charge on any atom is 0.410 e. The van der Waals surface area contributed by atoms with Crippen LogP contribution in [-0.2, 0) is 11.8 Å². The topological polar surface area (TPSA) is 67.6 Å². The number of benzene rings is 1. The molecule has 1 saturated heterocycles. The number of aryl methyl sites for hydroxylation is 1. The number of nitrogens with zero attached hydrogens (tertiary/aromatic N) is 3. The fraction of sp³-hybridized carbons (Fsp3) is 0.556. The summed E-state index contributed by atoms with van der Waals surface area (Å²) < 4.78 is 8.24. The average molecular weight is 457 g/mol. The Hall–Kier alpha value is -1.35. The molecule has 136 valence electrons. The van der Waals surface area contributed by atoms with Crippen LogP contribution < -0.4 is 0 Å². The van der Waals surface area contributed by atoms with Crippen LogP contribution in [-0.4, -0.2) is 50.7 Å². The highest BCUT2D eigenvalue weighted by molar-refractivity contribution is 14.1. The molecule has 1 fully saturated rings. The number of amides is 1. The molecule has 1 aliphatic heterocycles. The second kappa shape index (κ2) is 6.75. The zero-order chi connectivity index (χ0) is 18.4. The molecule has 1 amide bonds. The third-order valence-corrected chi connectivity index (χ3v) is 5.29. The summed E-state index contributed by atoms with van der Waals surface area (Å²) in [4.78, 5) is 13.8. The third-order valence-electron chi connectivity index (χ3n) is 4.49. The maximum absolute atomic E-state index is 12.2. The van der Waals surface area contributed by atoms with Crippen LogP contribution in [0, 0.1) is 3.70 Å². The van der Waals surface area contributed by atoms with Crippen molar-refractivity contribution in [3.63, 3.8) is 0 Å². The standard InChI is InChI=1S/C18H24IN3O3/c1-18(2,3)25-17(24)22-8-7-12(15(23)10-22)11-5-6-13-14(9-11)21(4)20-16(13)19/h5-6,9,12,15,23H,7-8,10H2,1-4H3/t12-,15-/m1/s1. The van der Waals surface area contributed by atoms with Gasteiger partial charge in [-0.15, -0.1) is 0 Å². The van der Waals surface area contributed by atoms with Crippen molar-refractivity contribution in [2.24, 2.45) is 7.05 Å². The van der Waals surface area contributed by atoms with Gasteiger partial charge in [0.15, 0.2) is 0 Å². The summed E-state index contributed by atoms with van der Waals surface area (Å²) in [5.74, 6) is 0.00986. The van der Waals surface area contributed by atoms with Crippen molar-refractivity contribution < 1.29 is 14.6 Å². The highest BCUT2D eigenvalue weighted by Gasteiger charge is 2.33. The Kier molecular flexibility index (Phi) is 4.98. The van der Waals surface area contributed by atoms with Gasteiger partial charge in [0.2, 0.25) is 0 Å². The molecule has 7 heteroatoms. The number of likely N-dealkylation sites (tertiary alicyclic amines) is 1. The lowest BCUT2D eigenvalue weighted by atomic mass is 9.87. The molecule has 25 heavy (non-hydrogen) atoms. The first-order chi connectivity index (χ1) is 11.7. The van der Waals surface area contributed by atoms with Crippen molar-refractivity contribution in [3.8, 4) is 0 Å². The predicted molar refractivity (Wildman–Crippen MR) is 105 cm³/mol. The number of aliphatic hydroxyl groups excluding tert-OH is 1. The first-order valence-corrected chi connectivity index (χ1v) is 9.52. The Morgan fingerprint density at radius 3 is 2.76 bits per heavy atom. The molecule has 2 atom stereocenters. The molecule has 6 nitrogen and oxygen atoms in total. The van der Waals surface area contributed by atoms with E-state index in [1.54, 1.807) is 4.90 Å². The molecule has 0 aliphatic carbocycles. The summed E-state index contributed by atoms with van der Waals surface area (Å²) in [6.45, 7) is 6.41. The van der Waals surface area contributed by atoms with Crippen molar-refractivity contribution in [2.75, 3.05) is 13.1 Å². The summed E-state index contributed by atoms with van der Waals surface area (Å²) in [7, 11) is 1.93. The first-order valence-electron chi connectivity index (χ1n) is 8.44. The van der Waals surface area contributed by atoms with Crippen molar-refractivity contribution in [1.29, 1.82) is 0 Å². The molecule has 0 spiro atoms. The molecule has 0 radical (unpaired) electrons. The molecule has 0 unspecified atom stereocenters. The van der Waals surface area contributed by atoms with E-state index in [-0.39, 0.29) is 12.0 Å². The summed E-state index contributed by atoms with van der Waals surface area (Å²) in [6.07, 6.45) is -0.256. The highest BCUT2D eigenvalue weighted by Crippen LogP contribution is 2.32. The van der Waals surface area contributed by atoms with Gasteiger partial charge in [0, 0.05) is 24.9 Å². The van der Waals surface area contributed by atoms with Crippen LogP contribution in [0.3, 0.4) is 0 Å². The molecule has 1 aromatic heterocycles. The molecule has 1 aromatic carbocycles. The van der Waals surface area contributed by atoms with Crippen LogP contribution in [0.4, 0.5) is 4.79 Å². The maximum atomic E-state index is 12.2. The van der Waals surface area contributed by atoms with Crippen molar-refractivity contribution in [2.45, 2.75) is 44.8 Å². The van der Waals surface area contributed by atoms with E-state index in [2.05, 4.69) is 45.9 Å². The fourth-order valence-corrected chi connectivity index (χ4v) is 4.05. The van der Waals surface area contributed by atoms with Gasteiger partial charge in [-0.1, -0.05) is 6.07 Å². The summed E-state index contributed by atoms with van der Waals surface area (Å²) in [6, 6.07) is 6.22. The largest absolute Gasteiger partial charge is 0.444 e. The highest BCUT2D eigenvalue weighted by atomic mass is 127. The van der Waals surface area contributed by atoms with Crippen LogP contribution in [0.1, 0.15) is 38.7 Å². The summed E-state index contributed by atoms with van der Waals surface area (Å²) in [5.41, 5.74) is 1.62. The van der Waals surface area contributed by atoms with Crippen LogP contribution in [0.2, 0.25) is 0 Å². The monoisotopic (exact) mass is 457 g/mol. The summed E-state index contributed by atoms with van der Waals surface area (Å²) in [5, 5.41) is 16.2. The Bertz CT molecular complexity index is 797. The van der Waals surface area contributed by atoms with Crippen LogP contribution in [0.15, 0.2) is 18.2 Å². The summed E-state index contributed by atoms with van der Waals surface area (Å²) >= 11 is 2.23. The Morgan fingerprint density at radius 1 is 1.40 bits per heavy atom. The van der Waals surface area contributed by atoms with Crippen molar-refractivity contribution in [3.05, 3.63) is 27.5 Å². The number of piperidine rings is 1. The molecule has 1 aliphatic rings. The lowest BCUT2D eigenvalue weighted by Crippen LogP contribution is -2.47. The number of halogens is 1. The van der Waals surface area contributed by atoms with Crippen molar-refractivity contribution in [1.82, 2.24) is 14.7 Å². The van der Waals surface area contributed by atoms with Crippen LogP contribution in [0.25, 0.3) is 10.9 Å². The van der Waals surface area contributed by atoms with E-state index < -0.39 is 11.7 Å². The number of hydrogen-bond acceptors (Lipinski definition) is 4. The van der Waals surface area contributed by atoms with Crippen LogP contribution >= 0.6 is 22.6 Å². The minimum absolute atomic E-state index is 0.00986. The predicted octanol–water partition coefficient (Wildman–Crippen LogP) is 3.26. The van der Waals surface area contributed by atoms with Gasteiger partial charge in [0.05, 0.1) is 18.2 Å². The number of carbonyl (C=O) groups is 1. The van der Waals surface area contributed by atoms with E-state index in [0.717, 1.165) is 20.2 Å². The molecule has 2 heterocycles. The van der Waals surface area contributed by atoms with Gasteiger partial charge < -0.3 is 14.7 Å². The Labute approximate surface area is 161 Å². The number of fused-ring (bicyclic) bond motifs is 1. The van der Waals surface area contributed by atoms with Gasteiger partial charge in [0.1, 0.15) is 9.30 Å². The quantitative estimate of drug-likeness (QED) is 0.668. The SMILES string of the molecule is Cn1nc(I)c2ccc([C@H]3CCN(C(=O)OC(C)(C)C)C[C@H]3O)cc21. The van der Waals surface area contributed by atoms with E-state index >= 15 is 0 Å². The lowest BCUT2D eigenvalue weighted by Gasteiger charge is -2.37. The lowest BCUT2D eigenvalue weighted by molar-refractivity contribution is -0.00151. The van der Waals surface area contributed by atoms with Gasteiger partial charge in [-0.25, -0.2) is 4.79 Å². The number of hydrogen-bond donors (Lipinski definition) is 1. The van der Waals surface area contributed by atoms with Crippen LogP contribution in [0.5, 0.6) is 0 Å². The number of carbonyl (C=O) groups excluding carboxylic acids is 1. The number of aliphatic hydroxyl groups is 1. The number of ether oxygens (including phenoxy) is 1. The Balaban J connectivity index is 1.75. The van der Waals surface area contributed by atoms with Gasteiger partial charge in [-0.2, -0.15) is 5.10 Å². The molecule has 2 aromatic rings. The minimum atomic E-state index is -0.606. The first kappa shape index (κ1) is 18.4. The molecular weight excluding hydrogens is 433 g/mol. The Morgan fingerprint density at radius 2 is 2.12 bits per heavy atom. The zero-order valence-corrected chi connectivity index (χ0v) is 17.1. The van der Waals surface area contributed by atoms with Gasteiger partial charge in [-0.3, -0.25) is 4.68 Å². The molecule has 0 bridgehead atoms. The molecule has 3 rings (SSSR count). The van der Waals surface area contributed by atoms with E-state index in [1.165, 1.54) is 0 Å². The third kappa shape index (κ3) is 3.92. The normalized spacial score (nSPS) is 21.6. The van der Waals surface area contributed by atoms with E-state index in [4.69, 9.17) is 4.74 Å². The number of rotatable bonds is 1. The number of aromatic nitrogens is 2. The van der Waals surface area contributed by atoms with E-state index in [0.29, 0.717) is 19.5 Å². The molecule has 1 N–H and O–H groups in total. The smallest absolute Gasteiger partial charge is 0.410 e. The number of β-amino-alcohol motifs (C(OH)–C–C–N with tert-alkyl or cyclic N) is 1. The average Bonchev–Trinajstić information content (AvgIpc) is 2.80. The second-order valence-corrected chi connectivity index (χ2v) is 8.60. The molecule has 0 saturated carbocycles. The second-order valence-electron chi connectivity index (χ2n) is 7.58. The van der Waals surface area contributed by atoms with Gasteiger partial charge >= 0.3 is 6.09 Å². The van der Waals surface area contributed by atoms with Gasteiger partial charge in [0.25, 0.3) is 0 Å².